The number of hydrogen-bond donors (Lipinski definition) is 2. The number of rotatable bonds is 7. The molecule has 0 saturated heterocycles. The Morgan fingerprint density at radius 1 is 1.16 bits per heavy atom. The van der Waals surface area contributed by atoms with Crippen molar-refractivity contribution in [2.24, 2.45) is 0 Å². The summed E-state index contributed by atoms with van der Waals surface area (Å²) < 4.78 is 15.8. The molecule has 4 aromatic rings. The molecule has 2 atom stereocenters. The fourth-order valence-electron chi connectivity index (χ4n) is 5.36. The van der Waals surface area contributed by atoms with Crippen molar-refractivity contribution >= 4 is 34.4 Å². The van der Waals surface area contributed by atoms with Crippen LogP contribution in [0.4, 0.5) is 10.5 Å². The van der Waals surface area contributed by atoms with Gasteiger partial charge in [0.25, 0.3) is 0 Å². The molecule has 2 heterocycles. The minimum absolute atomic E-state index is 0.163. The number of fused-ring (bicyclic) bond motifs is 2. The number of H-pyrrole nitrogens is 1. The molecule has 45 heavy (non-hydrogen) atoms. The summed E-state index contributed by atoms with van der Waals surface area (Å²) in [5, 5.41) is 8.36. The summed E-state index contributed by atoms with van der Waals surface area (Å²) in [6.45, 7) is 7.01. The highest BCUT2D eigenvalue weighted by Crippen LogP contribution is 2.35. The number of aromatic amines is 1. The number of carbonyl (C=O) groups is 3. The lowest BCUT2D eigenvalue weighted by Gasteiger charge is -2.30. The Morgan fingerprint density at radius 2 is 1.91 bits per heavy atom. The Kier molecular flexibility index (Phi) is 8.67. The van der Waals surface area contributed by atoms with Gasteiger partial charge < -0.3 is 19.7 Å². The number of carbonyl (C=O) groups excluding carboxylic acids is 3. The SMILES string of the molecule is COc1ccc2cc(-c3noc(=O)[nH]3)ccc2c1CN1C(=O)[C@@H](NC(=O)[C@H](C)N(C)C(=O)OC(C)(C)C)CCc2ccccc21. The Labute approximate surface area is 260 Å². The van der Waals surface area contributed by atoms with E-state index in [0.29, 0.717) is 30.0 Å². The molecule has 1 aromatic heterocycles. The van der Waals surface area contributed by atoms with Gasteiger partial charge in [0.05, 0.1) is 13.7 Å². The predicted octanol–water partition coefficient (Wildman–Crippen LogP) is 4.41. The number of nitrogens with zero attached hydrogens (tertiary/aromatic N) is 3. The fourth-order valence-corrected chi connectivity index (χ4v) is 5.36. The van der Waals surface area contributed by atoms with Gasteiger partial charge in [-0.3, -0.25) is 24.0 Å². The smallest absolute Gasteiger partial charge is 0.439 e. The predicted molar refractivity (Wildman–Crippen MR) is 168 cm³/mol. The molecule has 0 bridgehead atoms. The monoisotopic (exact) mass is 615 g/mol. The van der Waals surface area contributed by atoms with Gasteiger partial charge in [-0.05, 0) is 75.1 Å². The number of nitrogens with one attached hydrogen (secondary N) is 2. The van der Waals surface area contributed by atoms with E-state index in [1.165, 1.54) is 11.9 Å². The molecule has 0 spiro atoms. The first-order valence-corrected chi connectivity index (χ1v) is 14.7. The van der Waals surface area contributed by atoms with E-state index >= 15 is 0 Å². The van der Waals surface area contributed by atoms with E-state index in [1.54, 1.807) is 39.7 Å². The lowest BCUT2D eigenvalue weighted by atomic mass is 10.00. The molecule has 0 saturated carbocycles. The summed E-state index contributed by atoms with van der Waals surface area (Å²) in [5.74, 6) is -0.495. The number of para-hydroxylation sites is 1. The second-order valence-electron chi connectivity index (χ2n) is 12.0. The Hall–Kier alpha value is -5.13. The summed E-state index contributed by atoms with van der Waals surface area (Å²) in [6, 6.07) is 15.2. The Morgan fingerprint density at radius 3 is 2.60 bits per heavy atom. The third-order valence-corrected chi connectivity index (χ3v) is 7.85. The van der Waals surface area contributed by atoms with E-state index in [4.69, 9.17) is 9.47 Å². The number of hydrogen-bond acceptors (Lipinski definition) is 8. The van der Waals surface area contributed by atoms with Gasteiger partial charge in [-0.25, -0.2) is 9.59 Å². The topological polar surface area (TPSA) is 147 Å². The van der Waals surface area contributed by atoms with Crippen molar-refractivity contribution < 1.29 is 28.4 Å². The molecule has 1 aliphatic heterocycles. The molecular weight excluding hydrogens is 578 g/mol. The van der Waals surface area contributed by atoms with Crippen molar-refractivity contribution in [1.82, 2.24) is 20.4 Å². The highest BCUT2D eigenvalue weighted by molar-refractivity contribution is 6.02. The number of anilines is 1. The van der Waals surface area contributed by atoms with Crippen LogP contribution in [0.15, 0.2) is 63.9 Å². The van der Waals surface area contributed by atoms with Crippen molar-refractivity contribution in [2.45, 2.75) is 64.8 Å². The molecule has 0 fully saturated rings. The molecule has 0 aliphatic carbocycles. The van der Waals surface area contributed by atoms with Crippen LogP contribution in [0, 0.1) is 0 Å². The van der Waals surface area contributed by atoms with Gasteiger partial charge in [0.2, 0.25) is 11.8 Å². The van der Waals surface area contributed by atoms with Crippen LogP contribution in [0.2, 0.25) is 0 Å². The number of methoxy groups -OCH3 is 1. The molecule has 3 aromatic carbocycles. The van der Waals surface area contributed by atoms with Gasteiger partial charge in [0, 0.05) is 23.9 Å². The average Bonchev–Trinajstić information content (AvgIpc) is 3.40. The summed E-state index contributed by atoms with van der Waals surface area (Å²) >= 11 is 0. The van der Waals surface area contributed by atoms with Crippen LogP contribution in [-0.2, 0) is 27.3 Å². The molecule has 0 unspecified atom stereocenters. The number of aromatic nitrogens is 2. The molecule has 5 rings (SSSR count). The van der Waals surface area contributed by atoms with Crippen molar-refractivity contribution in [3.63, 3.8) is 0 Å². The summed E-state index contributed by atoms with van der Waals surface area (Å²) in [7, 11) is 3.07. The first-order valence-electron chi connectivity index (χ1n) is 14.7. The highest BCUT2D eigenvalue weighted by Gasteiger charge is 2.35. The van der Waals surface area contributed by atoms with E-state index in [-0.39, 0.29) is 12.5 Å². The molecule has 236 valence electrons. The lowest BCUT2D eigenvalue weighted by molar-refractivity contribution is -0.130. The van der Waals surface area contributed by atoms with E-state index in [1.807, 2.05) is 54.6 Å². The van der Waals surface area contributed by atoms with Gasteiger partial charge in [-0.1, -0.05) is 41.6 Å². The van der Waals surface area contributed by atoms with E-state index in [9.17, 15) is 19.2 Å². The van der Waals surface area contributed by atoms with Crippen molar-refractivity contribution in [3.05, 3.63) is 76.3 Å². The molecule has 1 aliphatic rings. The minimum Gasteiger partial charge on any atom is -0.496 e. The zero-order valence-electron chi connectivity index (χ0n) is 26.2. The Balaban J connectivity index is 1.46. The second kappa shape index (κ2) is 12.5. The fraction of sp³-hybridized carbons (Fsp3) is 0.364. The number of benzene rings is 3. The third-order valence-electron chi connectivity index (χ3n) is 7.85. The van der Waals surface area contributed by atoms with Gasteiger partial charge in [-0.2, -0.15) is 0 Å². The van der Waals surface area contributed by atoms with E-state index < -0.39 is 35.4 Å². The van der Waals surface area contributed by atoms with Gasteiger partial charge in [-0.15, -0.1) is 0 Å². The van der Waals surface area contributed by atoms with E-state index in [2.05, 4.69) is 20.0 Å². The highest BCUT2D eigenvalue weighted by atomic mass is 16.6. The average molecular weight is 616 g/mol. The standard InChI is InChI=1S/C33H37N5O7/c1-19(37(5)32(42)44-33(2,3)4)29(39)34-25-15-12-20-9-7-8-10-26(20)38(30(25)40)18-24-23-14-11-22(28-35-31(41)45-36-28)17-21(23)13-16-27(24)43-6/h7-11,13-14,16-17,19,25H,12,15,18H2,1-6H3,(H,34,39)(H,35,36,41)/t19-,25-/m0/s1. The van der Waals surface area contributed by atoms with E-state index in [0.717, 1.165) is 27.6 Å². The van der Waals surface area contributed by atoms with Gasteiger partial charge in [0.15, 0.2) is 5.82 Å². The first-order chi connectivity index (χ1) is 21.4. The van der Waals surface area contributed by atoms with Crippen LogP contribution < -0.4 is 20.7 Å². The summed E-state index contributed by atoms with van der Waals surface area (Å²) in [4.78, 5) is 57.2. The number of amides is 3. The quantitative estimate of drug-likeness (QED) is 0.311. The minimum atomic E-state index is -0.876. The maximum absolute atomic E-state index is 14.3. The van der Waals surface area contributed by atoms with Crippen LogP contribution >= 0.6 is 0 Å². The normalized spacial score (nSPS) is 15.6. The maximum atomic E-state index is 14.3. The summed E-state index contributed by atoms with van der Waals surface area (Å²) in [6.07, 6.45) is 0.311. The van der Waals surface area contributed by atoms with Crippen LogP contribution in [0.25, 0.3) is 22.2 Å². The molecular formula is C33H37N5O7. The molecule has 2 N–H and O–H groups in total. The Bertz CT molecular complexity index is 1800. The zero-order valence-corrected chi connectivity index (χ0v) is 26.2. The number of likely N-dealkylation sites (N-methyl/N-ethyl adjacent to an activating group) is 1. The largest absolute Gasteiger partial charge is 0.496 e. The molecule has 3 amide bonds. The van der Waals surface area contributed by atoms with Gasteiger partial charge >= 0.3 is 11.8 Å². The van der Waals surface area contributed by atoms with Crippen LogP contribution in [0.5, 0.6) is 5.75 Å². The third kappa shape index (κ3) is 6.69. The number of aryl methyl sites for hydroxylation is 1. The van der Waals surface area contributed by atoms with Crippen LogP contribution in [-0.4, -0.2) is 64.8 Å². The zero-order chi connectivity index (χ0) is 32.5. The number of ether oxygens (including phenoxy) is 2. The van der Waals surface area contributed by atoms with Crippen molar-refractivity contribution in [2.75, 3.05) is 19.1 Å². The molecule has 0 radical (unpaired) electrons. The van der Waals surface area contributed by atoms with Crippen LogP contribution in [0.3, 0.4) is 0 Å². The lowest BCUT2D eigenvalue weighted by Crippen LogP contribution is -2.54. The maximum Gasteiger partial charge on any atom is 0.439 e. The van der Waals surface area contributed by atoms with Crippen molar-refractivity contribution in [3.8, 4) is 17.1 Å². The van der Waals surface area contributed by atoms with Crippen LogP contribution in [0.1, 0.15) is 45.2 Å². The molecule has 12 heteroatoms. The summed E-state index contributed by atoms with van der Waals surface area (Å²) in [5.41, 5.74) is 2.42. The second-order valence-corrected chi connectivity index (χ2v) is 12.0. The van der Waals surface area contributed by atoms with Gasteiger partial charge in [0.1, 0.15) is 23.4 Å². The molecule has 12 nitrogen and oxygen atoms in total. The first kappa shape index (κ1) is 31.3. The van der Waals surface area contributed by atoms with Crippen molar-refractivity contribution in [1.29, 1.82) is 0 Å².